The van der Waals surface area contributed by atoms with E-state index < -0.39 is 40.0 Å². The molecule has 0 aliphatic rings. The third-order valence-electron chi connectivity index (χ3n) is 2.05. The molecule has 0 unspecified atom stereocenters. The fraction of sp³-hybridized carbons (Fsp3) is 0.333. The highest BCUT2D eigenvalue weighted by molar-refractivity contribution is 5.96. The third-order valence-corrected chi connectivity index (χ3v) is 2.05. The average Bonchev–Trinajstić information content (AvgIpc) is 2.35. The molecule has 1 aromatic rings. The minimum absolute atomic E-state index is 0.446. The second-order valence-corrected chi connectivity index (χ2v) is 3.00. The molecule has 18 heavy (non-hydrogen) atoms. The van der Waals surface area contributed by atoms with Crippen LogP contribution >= 0.6 is 0 Å². The van der Waals surface area contributed by atoms with E-state index >= 15 is 0 Å². The van der Waals surface area contributed by atoms with Crippen molar-refractivity contribution in [1.29, 1.82) is 0 Å². The van der Waals surface area contributed by atoms with Gasteiger partial charge in [-0.1, -0.05) is 0 Å². The number of hydrogen-bond donors (Lipinski definition) is 0. The quantitative estimate of drug-likeness (QED) is 0.466. The number of nitro groups is 1. The van der Waals surface area contributed by atoms with Gasteiger partial charge in [-0.25, -0.2) is 18.6 Å². The summed E-state index contributed by atoms with van der Waals surface area (Å²) in [5.41, 5.74) is -2.77. The Balaban J connectivity index is 3.64. The summed E-state index contributed by atoms with van der Waals surface area (Å²) in [6.45, 7) is 0. The number of halogens is 2. The molecule has 0 spiro atoms. The molecule has 0 bridgehead atoms. The molecule has 1 rings (SSSR count). The number of methoxy groups -OCH3 is 2. The molecule has 98 valence electrons. The van der Waals surface area contributed by atoms with E-state index in [9.17, 15) is 23.7 Å². The molecule has 0 saturated carbocycles. The molecular weight excluding hydrogens is 254 g/mol. The highest BCUT2D eigenvalue weighted by Gasteiger charge is 2.34. The van der Waals surface area contributed by atoms with Crippen LogP contribution in [0.5, 0.6) is 5.88 Å². The van der Waals surface area contributed by atoms with Crippen molar-refractivity contribution < 1.29 is 28.0 Å². The SMILES string of the molecule is COC(=O)c1c(OC)ncc(C(F)F)c1[N+](=O)[O-]. The second kappa shape index (κ2) is 5.34. The van der Waals surface area contributed by atoms with Gasteiger partial charge in [0.15, 0.2) is 5.56 Å². The Bertz CT molecular complexity index is 492. The van der Waals surface area contributed by atoms with Crippen molar-refractivity contribution >= 4 is 11.7 Å². The van der Waals surface area contributed by atoms with Crippen LogP contribution in [-0.4, -0.2) is 30.1 Å². The van der Waals surface area contributed by atoms with Gasteiger partial charge in [0.1, 0.15) is 5.56 Å². The van der Waals surface area contributed by atoms with Gasteiger partial charge in [-0.2, -0.15) is 0 Å². The van der Waals surface area contributed by atoms with Crippen LogP contribution in [0.4, 0.5) is 14.5 Å². The Morgan fingerprint density at radius 3 is 2.50 bits per heavy atom. The standard InChI is InChI=1S/C9H8F2N2O5/c1-17-8-5(9(14)18-2)6(13(15)16)4(3-12-8)7(10)11/h3,7H,1-2H3. The Morgan fingerprint density at radius 2 is 2.11 bits per heavy atom. The van der Waals surface area contributed by atoms with Crippen molar-refractivity contribution in [3.05, 3.63) is 27.4 Å². The van der Waals surface area contributed by atoms with Crippen LogP contribution in [0.25, 0.3) is 0 Å². The van der Waals surface area contributed by atoms with E-state index in [0.717, 1.165) is 14.2 Å². The van der Waals surface area contributed by atoms with Crippen LogP contribution in [0, 0.1) is 10.1 Å². The fourth-order valence-electron chi connectivity index (χ4n) is 1.30. The van der Waals surface area contributed by atoms with Gasteiger partial charge in [0.25, 0.3) is 12.1 Å². The van der Waals surface area contributed by atoms with Crippen molar-refractivity contribution in [1.82, 2.24) is 4.98 Å². The molecule has 0 amide bonds. The summed E-state index contributed by atoms with van der Waals surface area (Å²) >= 11 is 0. The molecule has 0 saturated heterocycles. The molecule has 0 atom stereocenters. The molecule has 0 radical (unpaired) electrons. The van der Waals surface area contributed by atoms with E-state index in [0.29, 0.717) is 6.20 Å². The van der Waals surface area contributed by atoms with Gasteiger partial charge in [-0.3, -0.25) is 10.1 Å². The Hall–Kier alpha value is -2.32. The number of aromatic nitrogens is 1. The molecule has 0 N–H and O–H groups in total. The third kappa shape index (κ3) is 2.34. The van der Waals surface area contributed by atoms with Crippen LogP contribution in [-0.2, 0) is 4.74 Å². The molecule has 1 aromatic heterocycles. The normalized spacial score (nSPS) is 10.3. The summed E-state index contributed by atoms with van der Waals surface area (Å²) in [4.78, 5) is 24.5. The predicted octanol–water partition coefficient (Wildman–Crippen LogP) is 1.72. The number of carbonyl (C=O) groups is 1. The molecule has 9 heteroatoms. The first-order valence-corrected chi connectivity index (χ1v) is 4.51. The summed E-state index contributed by atoms with van der Waals surface area (Å²) in [6.07, 6.45) is -2.55. The Labute approximate surface area is 99.5 Å². The maximum Gasteiger partial charge on any atom is 0.350 e. The number of pyridine rings is 1. The maximum absolute atomic E-state index is 12.6. The number of carbonyl (C=O) groups excluding carboxylic acids is 1. The lowest BCUT2D eigenvalue weighted by atomic mass is 10.1. The first kappa shape index (κ1) is 13.7. The average molecular weight is 262 g/mol. The van der Waals surface area contributed by atoms with Gasteiger partial charge in [-0.05, 0) is 0 Å². The van der Waals surface area contributed by atoms with E-state index in [1.54, 1.807) is 0 Å². The van der Waals surface area contributed by atoms with Crippen LogP contribution in [0.1, 0.15) is 22.3 Å². The predicted molar refractivity (Wildman–Crippen MR) is 53.7 cm³/mol. The van der Waals surface area contributed by atoms with E-state index in [1.165, 1.54) is 0 Å². The largest absolute Gasteiger partial charge is 0.480 e. The smallest absolute Gasteiger partial charge is 0.350 e. The lowest BCUT2D eigenvalue weighted by Crippen LogP contribution is -2.12. The van der Waals surface area contributed by atoms with Crippen molar-refractivity contribution in [3.63, 3.8) is 0 Å². The van der Waals surface area contributed by atoms with Gasteiger partial charge < -0.3 is 9.47 Å². The lowest BCUT2D eigenvalue weighted by Gasteiger charge is -2.09. The fourth-order valence-corrected chi connectivity index (χ4v) is 1.30. The van der Waals surface area contributed by atoms with E-state index in [-0.39, 0.29) is 0 Å². The Morgan fingerprint density at radius 1 is 1.50 bits per heavy atom. The molecule has 0 aromatic carbocycles. The van der Waals surface area contributed by atoms with Crippen LogP contribution in [0.3, 0.4) is 0 Å². The molecule has 0 aliphatic heterocycles. The van der Waals surface area contributed by atoms with Crippen LogP contribution in [0.2, 0.25) is 0 Å². The second-order valence-electron chi connectivity index (χ2n) is 3.00. The van der Waals surface area contributed by atoms with Crippen molar-refractivity contribution in [2.75, 3.05) is 14.2 Å². The van der Waals surface area contributed by atoms with E-state index in [2.05, 4.69) is 14.5 Å². The highest BCUT2D eigenvalue weighted by atomic mass is 19.3. The van der Waals surface area contributed by atoms with E-state index in [4.69, 9.17) is 0 Å². The number of ether oxygens (including phenoxy) is 2. The number of esters is 1. The summed E-state index contributed by atoms with van der Waals surface area (Å²) < 4.78 is 34.2. The summed E-state index contributed by atoms with van der Waals surface area (Å²) in [5.74, 6) is -1.62. The molecule has 7 nitrogen and oxygen atoms in total. The number of nitrogens with zero attached hydrogens (tertiary/aromatic N) is 2. The zero-order chi connectivity index (χ0) is 13.9. The zero-order valence-corrected chi connectivity index (χ0v) is 9.35. The van der Waals surface area contributed by atoms with E-state index in [1.807, 2.05) is 0 Å². The number of hydrogen-bond acceptors (Lipinski definition) is 6. The van der Waals surface area contributed by atoms with Gasteiger partial charge >= 0.3 is 5.97 Å². The van der Waals surface area contributed by atoms with Crippen molar-refractivity contribution in [3.8, 4) is 5.88 Å². The minimum Gasteiger partial charge on any atom is -0.480 e. The molecule has 0 aliphatic carbocycles. The first-order valence-electron chi connectivity index (χ1n) is 4.51. The zero-order valence-electron chi connectivity index (χ0n) is 9.35. The summed E-state index contributed by atoms with van der Waals surface area (Å²) in [7, 11) is 2.06. The maximum atomic E-state index is 12.6. The highest BCUT2D eigenvalue weighted by Crippen LogP contribution is 2.35. The minimum atomic E-state index is -3.15. The van der Waals surface area contributed by atoms with Gasteiger partial charge in [-0.15, -0.1) is 0 Å². The molecular formula is C9H8F2N2O5. The monoisotopic (exact) mass is 262 g/mol. The Kier molecular flexibility index (Phi) is 4.08. The van der Waals surface area contributed by atoms with Crippen molar-refractivity contribution in [2.45, 2.75) is 6.43 Å². The van der Waals surface area contributed by atoms with Gasteiger partial charge in [0.05, 0.1) is 19.1 Å². The summed E-state index contributed by atoms with van der Waals surface area (Å²) in [6, 6.07) is 0. The van der Waals surface area contributed by atoms with Crippen molar-refractivity contribution in [2.24, 2.45) is 0 Å². The summed E-state index contributed by atoms with van der Waals surface area (Å²) in [5, 5.41) is 10.8. The van der Waals surface area contributed by atoms with Gasteiger partial charge in [0, 0.05) is 6.20 Å². The number of alkyl halides is 2. The topological polar surface area (TPSA) is 91.6 Å². The number of rotatable bonds is 4. The van der Waals surface area contributed by atoms with Crippen LogP contribution in [0.15, 0.2) is 6.20 Å². The lowest BCUT2D eigenvalue weighted by molar-refractivity contribution is -0.386. The van der Waals surface area contributed by atoms with Gasteiger partial charge in [0.2, 0.25) is 5.88 Å². The molecule has 0 fully saturated rings. The molecule has 1 heterocycles. The van der Waals surface area contributed by atoms with Crippen LogP contribution < -0.4 is 4.74 Å². The first-order chi connectivity index (χ1) is 8.43.